The molecule has 0 aromatic carbocycles. The minimum Gasteiger partial charge on any atom is -0.242 e. The van der Waals surface area contributed by atoms with Crippen molar-refractivity contribution < 1.29 is 21.6 Å². The van der Waals surface area contributed by atoms with Crippen molar-refractivity contribution in [1.29, 1.82) is 0 Å². The summed E-state index contributed by atoms with van der Waals surface area (Å²) in [5, 5.41) is -1.46. The number of hydrogen-bond donors (Lipinski definition) is 0. The van der Waals surface area contributed by atoms with Gasteiger partial charge in [-0.2, -0.15) is 13.2 Å². The van der Waals surface area contributed by atoms with Crippen LogP contribution in [-0.4, -0.2) is 13.4 Å². The van der Waals surface area contributed by atoms with Gasteiger partial charge in [0.05, 0.1) is 10.6 Å². The number of aromatic nitrogens is 1. The number of halogens is 5. The zero-order valence-electron chi connectivity index (χ0n) is 6.72. The van der Waals surface area contributed by atoms with Crippen LogP contribution in [0.25, 0.3) is 0 Å². The minimum atomic E-state index is -4.63. The lowest BCUT2D eigenvalue weighted by Crippen LogP contribution is -2.07. The third-order valence-electron chi connectivity index (χ3n) is 1.37. The van der Waals surface area contributed by atoms with Crippen LogP contribution in [0.3, 0.4) is 0 Å². The molecule has 3 nitrogen and oxygen atoms in total. The average Bonchev–Trinajstić information content (AvgIpc) is 1.99. The quantitative estimate of drug-likeness (QED) is 0.743. The van der Waals surface area contributed by atoms with E-state index in [1.54, 1.807) is 0 Å². The molecule has 15 heavy (non-hydrogen) atoms. The van der Waals surface area contributed by atoms with Gasteiger partial charge in [0.15, 0.2) is 5.03 Å². The Kier molecular flexibility index (Phi) is 3.18. The van der Waals surface area contributed by atoms with E-state index >= 15 is 0 Å². The van der Waals surface area contributed by atoms with E-state index in [4.69, 9.17) is 22.3 Å². The lowest BCUT2D eigenvalue weighted by molar-refractivity contribution is -0.137. The van der Waals surface area contributed by atoms with Gasteiger partial charge >= 0.3 is 6.18 Å². The second kappa shape index (κ2) is 3.80. The smallest absolute Gasteiger partial charge is 0.242 e. The van der Waals surface area contributed by atoms with Crippen LogP contribution >= 0.6 is 22.3 Å². The van der Waals surface area contributed by atoms with E-state index in [-0.39, 0.29) is 0 Å². The summed E-state index contributed by atoms with van der Waals surface area (Å²) >= 11 is 5.29. The van der Waals surface area contributed by atoms with Crippen LogP contribution in [0.15, 0.2) is 17.3 Å². The van der Waals surface area contributed by atoms with E-state index in [9.17, 15) is 21.6 Å². The first-order valence-corrected chi connectivity index (χ1v) is 5.98. The molecule has 0 saturated carbocycles. The van der Waals surface area contributed by atoms with Crippen LogP contribution in [0.2, 0.25) is 5.02 Å². The van der Waals surface area contributed by atoms with E-state index in [2.05, 4.69) is 4.98 Å². The number of nitrogens with zero attached hydrogens (tertiary/aromatic N) is 1. The first-order valence-electron chi connectivity index (χ1n) is 3.30. The van der Waals surface area contributed by atoms with Crippen molar-refractivity contribution in [3.05, 3.63) is 22.8 Å². The van der Waals surface area contributed by atoms with Crippen molar-refractivity contribution in [2.45, 2.75) is 11.2 Å². The van der Waals surface area contributed by atoms with Gasteiger partial charge in [-0.15, -0.1) is 0 Å². The van der Waals surface area contributed by atoms with Crippen molar-refractivity contribution in [2.75, 3.05) is 0 Å². The summed E-state index contributed by atoms with van der Waals surface area (Å²) in [6.45, 7) is 0. The molecule has 0 aliphatic heterocycles. The van der Waals surface area contributed by atoms with E-state index in [1.807, 2.05) is 0 Å². The van der Waals surface area contributed by atoms with E-state index < -0.39 is 30.8 Å². The van der Waals surface area contributed by atoms with Crippen molar-refractivity contribution in [3.8, 4) is 0 Å². The summed E-state index contributed by atoms with van der Waals surface area (Å²) in [4.78, 5) is 3.04. The number of hydrogen-bond acceptors (Lipinski definition) is 3. The van der Waals surface area contributed by atoms with Gasteiger partial charge in [-0.05, 0) is 6.07 Å². The molecule has 0 N–H and O–H groups in total. The van der Waals surface area contributed by atoms with Gasteiger partial charge in [-0.3, -0.25) is 0 Å². The van der Waals surface area contributed by atoms with Gasteiger partial charge in [0, 0.05) is 16.9 Å². The standard InChI is InChI=1S/C6H2Cl2F3NO2S/c7-4-1-3(6(9,10)11)2-12-5(4)15(8,13)14/h1-2H. The highest BCUT2D eigenvalue weighted by molar-refractivity contribution is 8.13. The van der Waals surface area contributed by atoms with Crippen molar-refractivity contribution >= 4 is 31.3 Å². The minimum absolute atomic E-state index is 0.348. The molecular formula is C6H2Cl2F3NO2S. The Morgan fingerprint density at radius 3 is 2.20 bits per heavy atom. The molecule has 0 aliphatic rings. The average molecular weight is 280 g/mol. The molecule has 9 heteroatoms. The van der Waals surface area contributed by atoms with Crippen LogP contribution < -0.4 is 0 Å². The predicted octanol–water partition coefficient (Wildman–Crippen LogP) is 2.68. The lowest BCUT2D eigenvalue weighted by atomic mass is 10.3. The molecule has 0 unspecified atom stereocenters. The summed E-state index contributed by atoms with van der Waals surface area (Å²) < 4.78 is 57.8. The molecule has 0 spiro atoms. The van der Waals surface area contributed by atoms with Gasteiger partial charge in [0.1, 0.15) is 0 Å². The summed E-state index contributed by atoms with van der Waals surface area (Å²) in [5.41, 5.74) is -1.14. The van der Waals surface area contributed by atoms with Gasteiger partial charge in [-0.1, -0.05) is 11.6 Å². The number of alkyl halides is 3. The molecule has 0 fully saturated rings. The van der Waals surface area contributed by atoms with Gasteiger partial charge < -0.3 is 0 Å². The second-order valence-electron chi connectivity index (χ2n) is 2.45. The van der Waals surface area contributed by atoms with E-state index in [0.29, 0.717) is 12.3 Å². The molecular weight excluding hydrogens is 278 g/mol. The van der Waals surface area contributed by atoms with Crippen molar-refractivity contribution in [3.63, 3.8) is 0 Å². The normalized spacial score (nSPS) is 12.9. The molecule has 0 atom stereocenters. The zero-order chi connectivity index (χ0) is 11.9. The molecule has 1 rings (SSSR count). The zero-order valence-corrected chi connectivity index (χ0v) is 9.04. The molecule has 0 amide bonds. The summed E-state index contributed by atoms with van der Waals surface area (Å²) in [5.74, 6) is 0. The fourth-order valence-electron chi connectivity index (χ4n) is 0.760. The first kappa shape index (κ1) is 12.5. The third-order valence-corrected chi connectivity index (χ3v) is 2.99. The molecule has 0 saturated heterocycles. The lowest BCUT2D eigenvalue weighted by Gasteiger charge is -2.07. The summed E-state index contributed by atoms with van der Waals surface area (Å²) in [6.07, 6.45) is -4.29. The Balaban J connectivity index is 3.34. The summed E-state index contributed by atoms with van der Waals surface area (Å²) in [7, 11) is 0.641. The van der Waals surface area contributed by atoms with Gasteiger partial charge in [0.25, 0.3) is 9.05 Å². The molecule has 1 aromatic rings. The fourth-order valence-corrected chi connectivity index (χ4v) is 2.19. The Labute approximate surface area is 92.2 Å². The molecule has 0 bridgehead atoms. The maximum Gasteiger partial charge on any atom is 0.417 e. The Morgan fingerprint density at radius 2 is 1.87 bits per heavy atom. The van der Waals surface area contributed by atoms with Crippen molar-refractivity contribution in [2.24, 2.45) is 0 Å². The topological polar surface area (TPSA) is 47.0 Å². The molecule has 0 aliphatic carbocycles. The molecule has 1 heterocycles. The number of rotatable bonds is 1. The van der Waals surface area contributed by atoms with E-state index in [0.717, 1.165) is 0 Å². The van der Waals surface area contributed by atoms with Crippen LogP contribution in [-0.2, 0) is 15.2 Å². The highest BCUT2D eigenvalue weighted by Crippen LogP contribution is 2.32. The number of pyridine rings is 1. The molecule has 84 valence electrons. The highest BCUT2D eigenvalue weighted by atomic mass is 35.7. The summed E-state index contributed by atoms with van der Waals surface area (Å²) in [6, 6.07) is 0.448. The van der Waals surface area contributed by atoms with Gasteiger partial charge in [0.2, 0.25) is 0 Å². The molecule has 0 radical (unpaired) electrons. The monoisotopic (exact) mass is 279 g/mol. The third kappa shape index (κ3) is 2.96. The van der Waals surface area contributed by atoms with Crippen LogP contribution in [0.1, 0.15) is 5.56 Å². The Hall–Kier alpha value is -0.530. The van der Waals surface area contributed by atoms with Crippen LogP contribution in [0.4, 0.5) is 13.2 Å². The van der Waals surface area contributed by atoms with Crippen LogP contribution in [0, 0.1) is 0 Å². The second-order valence-corrected chi connectivity index (χ2v) is 5.34. The maximum atomic E-state index is 12.1. The highest BCUT2D eigenvalue weighted by Gasteiger charge is 2.32. The SMILES string of the molecule is O=S(=O)(Cl)c1ncc(C(F)(F)F)cc1Cl. The fraction of sp³-hybridized carbons (Fsp3) is 0.167. The largest absolute Gasteiger partial charge is 0.417 e. The maximum absolute atomic E-state index is 12.1. The first-order chi connectivity index (χ1) is 6.62. The van der Waals surface area contributed by atoms with E-state index in [1.165, 1.54) is 0 Å². The molecule has 1 aromatic heterocycles. The van der Waals surface area contributed by atoms with Crippen molar-refractivity contribution in [1.82, 2.24) is 4.98 Å². The van der Waals surface area contributed by atoms with Crippen LogP contribution in [0.5, 0.6) is 0 Å². The Morgan fingerprint density at radius 1 is 1.33 bits per heavy atom. The predicted molar refractivity (Wildman–Crippen MR) is 47.3 cm³/mol. The van der Waals surface area contributed by atoms with Gasteiger partial charge in [-0.25, -0.2) is 13.4 Å². The Bertz CT molecular complexity index is 486.